The van der Waals surface area contributed by atoms with Crippen LogP contribution in [0.1, 0.15) is 33.5 Å². The number of phenolic OH excluding ortho intramolecular Hbond substituents is 5. The maximum absolute atomic E-state index is 13.7. The lowest BCUT2D eigenvalue weighted by Crippen LogP contribution is -2.30. The van der Waals surface area contributed by atoms with Crippen LogP contribution >= 0.6 is 0 Å². The van der Waals surface area contributed by atoms with Gasteiger partial charge in [0.15, 0.2) is 11.2 Å². The van der Waals surface area contributed by atoms with E-state index in [4.69, 9.17) is 9.15 Å². The van der Waals surface area contributed by atoms with Crippen LogP contribution in [0.25, 0.3) is 11.0 Å². The van der Waals surface area contributed by atoms with Crippen LogP contribution in [0.4, 0.5) is 0 Å². The Labute approximate surface area is 185 Å². The number of Topliss-reactive ketones (excluding diaryl/α,β-unsaturated/α-hetero) is 1. The van der Waals surface area contributed by atoms with Crippen molar-refractivity contribution in [1.82, 2.24) is 0 Å². The second-order valence-electron chi connectivity index (χ2n) is 7.63. The van der Waals surface area contributed by atoms with Gasteiger partial charge < -0.3 is 34.7 Å². The van der Waals surface area contributed by atoms with Crippen molar-refractivity contribution in [1.29, 1.82) is 0 Å². The van der Waals surface area contributed by atoms with Crippen LogP contribution in [0.5, 0.6) is 34.5 Å². The highest BCUT2D eigenvalue weighted by atomic mass is 16.5. The van der Waals surface area contributed by atoms with Crippen molar-refractivity contribution in [3.8, 4) is 34.5 Å². The van der Waals surface area contributed by atoms with Gasteiger partial charge in [-0.05, 0) is 17.7 Å². The normalized spacial score (nSPS) is 17.5. The molecule has 1 aromatic heterocycles. The van der Waals surface area contributed by atoms with E-state index in [1.165, 1.54) is 30.3 Å². The zero-order valence-electron chi connectivity index (χ0n) is 16.7. The smallest absolute Gasteiger partial charge is 0.196 e. The Hall–Kier alpha value is -4.66. The molecule has 0 fully saturated rings. The van der Waals surface area contributed by atoms with Crippen LogP contribution < -0.4 is 10.2 Å². The van der Waals surface area contributed by atoms with Crippen molar-refractivity contribution in [2.75, 3.05) is 0 Å². The molecule has 1 aliphatic heterocycles. The van der Waals surface area contributed by atoms with E-state index in [9.17, 15) is 35.1 Å². The maximum atomic E-state index is 13.7. The van der Waals surface area contributed by atoms with Gasteiger partial charge in [0.25, 0.3) is 0 Å². The number of fused-ring (bicyclic) bond motifs is 2. The number of ether oxygens (including phenoxy) is 1. The maximum Gasteiger partial charge on any atom is 0.196 e. The van der Waals surface area contributed by atoms with Gasteiger partial charge in [0, 0.05) is 24.3 Å². The first-order valence-corrected chi connectivity index (χ1v) is 9.78. The lowest BCUT2D eigenvalue weighted by Gasteiger charge is -2.34. The summed E-state index contributed by atoms with van der Waals surface area (Å²) >= 11 is 0. The molecule has 9 heteroatoms. The van der Waals surface area contributed by atoms with Gasteiger partial charge in [-0.2, -0.15) is 0 Å². The molecule has 2 unspecified atom stereocenters. The second kappa shape index (κ2) is 7.20. The summed E-state index contributed by atoms with van der Waals surface area (Å²) < 4.78 is 11.5. The van der Waals surface area contributed by atoms with Gasteiger partial charge in [0.2, 0.25) is 0 Å². The quantitative estimate of drug-likeness (QED) is 0.310. The zero-order chi connectivity index (χ0) is 23.4. The summed E-state index contributed by atoms with van der Waals surface area (Å²) in [7, 11) is 0. The highest BCUT2D eigenvalue weighted by molar-refractivity contribution is 6.09. The van der Waals surface area contributed by atoms with Gasteiger partial charge in [-0.1, -0.05) is 12.1 Å². The fourth-order valence-electron chi connectivity index (χ4n) is 4.19. The number of ketones is 1. The van der Waals surface area contributed by atoms with Gasteiger partial charge in [-0.15, -0.1) is 0 Å². The van der Waals surface area contributed by atoms with Crippen molar-refractivity contribution in [3.63, 3.8) is 0 Å². The van der Waals surface area contributed by atoms with Crippen LogP contribution in [0, 0.1) is 0 Å². The van der Waals surface area contributed by atoms with Crippen LogP contribution in [-0.2, 0) is 0 Å². The number of benzene rings is 3. The van der Waals surface area contributed by atoms with E-state index in [0.717, 1.165) is 24.5 Å². The minimum absolute atomic E-state index is 0.0305. The molecule has 0 spiro atoms. The van der Waals surface area contributed by atoms with E-state index in [1.807, 2.05) is 0 Å². The van der Waals surface area contributed by atoms with Gasteiger partial charge in [0.05, 0.1) is 17.7 Å². The Kier molecular flexibility index (Phi) is 4.42. The summed E-state index contributed by atoms with van der Waals surface area (Å²) in [5.41, 5.74) is -0.743. The van der Waals surface area contributed by atoms with Crippen LogP contribution in [0.15, 0.2) is 64.0 Å². The van der Waals surface area contributed by atoms with Crippen molar-refractivity contribution in [2.24, 2.45) is 0 Å². The van der Waals surface area contributed by atoms with Gasteiger partial charge in [0.1, 0.15) is 57.1 Å². The minimum atomic E-state index is -1.33. The molecule has 4 aromatic rings. The van der Waals surface area contributed by atoms with E-state index < -0.39 is 40.5 Å². The second-order valence-corrected chi connectivity index (χ2v) is 7.63. The molecule has 1 aliphatic rings. The third kappa shape index (κ3) is 3.09. The molecule has 9 nitrogen and oxygen atoms in total. The fourth-order valence-corrected chi connectivity index (χ4v) is 4.19. The summed E-state index contributed by atoms with van der Waals surface area (Å²) in [5, 5.41) is 50.7. The first-order chi connectivity index (χ1) is 15.8. The lowest BCUT2D eigenvalue weighted by atomic mass is 9.79. The predicted octanol–water partition coefficient (Wildman–Crippen LogP) is 3.42. The molecular weight excluding hydrogens is 432 g/mol. The molecular formula is C24H16O9. The van der Waals surface area contributed by atoms with E-state index >= 15 is 0 Å². The monoisotopic (exact) mass is 448 g/mol. The molecule has 3 aromatic carbocycles. The number of hydrogen-bond donors (Lipinski definition) is 5. The predicted molar refractivity (Wildman–Crippen MR) is 114 cm³/mol. The zero-order valence-corrected chi connectivity index (χ0v) is 16.7. The van der Waals surface area contributed by atoms with Crippen LogP contribution in [-0.4, -0.2) is 31.3 Å². The summed E-state index contributed by atoms with van der Waals surface area (Å²) in [6, 6.07) is 9.94. The highest BCUT2D eigenvalue weighted by Crippen LogP contribution is 2.51. The van der Waals surface area contributed by atoms with Gasteiger partial charge in [-0.25, -0.2) is 0 Å². The Bertz CT molecular complexity index is 1490. The Balaban J connectivity index is 1.84. The fraction of sp³-hybridized carbons (Fsp3) is 0.0833. The van der Waals surface area contributed by atoms with Crippen molar-refractivity contribution in [3.05, 3.63) is 81.7 Å². The first-order valence-electron chi connectivity index (χ1n) is 9.78. The average Bonchev–Trinajstić information content (AvgIpc) is 2.74. The molecule has 0 saturated heterocycles. The first kappa shape index (κ1) is 20.3. The van der Waals surface area contributed by atoms with Crippen molar-refractivity contribution >= 4 is 16.8 Å². The summed E-state index contributed by atoms with van der Waals surface area (Å²) in [5.74, 6) is -4.04. The molecule has 2 atom stereocenters. The van der Waals surface area contributed by atoms with Gasteiger partial charge in [-0.3, -0.25) is 9.59 Å². The summed E-state index contributed by atoms with van der Waals surface area (Å²) in [6.07, 6.45) is -0.0452. The molecule has 0 saturated carbocycles. The van der Waals surface area contributed by atoms with Gasteiger partial charge >= 0.3 is 0 Å². The summed E-state index contributed by atoms with van der Waals surface area (Å²) in [4.78, 5) is 26.1. The lowest BCUT2D eigenvalue weighted by molar-refractivity contribution is 0.0772. The van der Waals surface area contributed by atoms with Crippen LogP contribution in [0.2, 0.25) is 0 Å². The van der Waals surface area contributed by atoms with E-state index in [2.05, 4.69) is 0 Å². The number of carbonyl (C=O) groups is 1. The number of rotatable bonds is 2. The third-order valence-electron chi connectivity index (χ3n) is 5.61. The molecule has 2 heterocycles. The Morgan fingerprint density at radius 1 is 0.758 bits per heavy atom. The molecule has 5 N–H and O–H groups in total. The molecule has 0 aliphatic carbocycles. The molecule has 0 radical (unpaired) electrons. The Morgan fingerprint density at radius 2 is 1.48 bits per heavy atom. The minimum Gasteiger partial charge on any atom is -0.508 e. The van der Waals surface area contributed by atoms with Crippen LogP contribution in [0.3, 0.4) is 0 Å². The number of phenols is 5. The molecule has 0 bridgehead atoms. The van der Waals surface area contributed by atoms with E-state index in [-0.39, 0.29) is 39.3 Å². The largest absolute Gasteiger partial charge is 0.508 e. The van der Waals surface area contributed by atoms with Crippen molar-refractivity contribution < 1.29 is 39.5 Å². The van der Waals surface area contributed by atoms with Crippen molar-refractivity contribution in [2.45, 2.75) is 12.0 Å². The molecule has 0 amide bonds. The van der Waals surface area contributed by atoms with E-state index in [0.29, 0.717) is 5.56 Å². The molecule has 33 heavy (non-hydrogen) atoms. The molecule has 166 valence electrons. The highest BCUT2D eigenvalue weighted by Gasteiger charge is 2.44. The average molecular weight is 448 g/mol. The summed E-state index contributed by atoms with van der Waals surface area (Å²) in [6.45, 7) is 0. The number of aromatic hydroxyl groups is 5. The Morgan fingerprint density at radius 3 is 2.21 bits per heavy atom. The third-order valence-corrected chi connectivity index (χ3v) is 5.61. The number of hydrogen-bond acceptors (Lipinski definition) is 9. The topological polar surface area (TPSA) is 158 Å². The molecule has 5 rings (SSSR count). The SMILES string of the molecule is O=C1c2c(O)cc(O)cc2OC(c2ccc(O)cc2)C1c1c(O)cc(O)c2c(=O)ccoc12. The standard InChI is InChI=1S/C24H16O9/c25-11-3-1-10(2-4-11)23-21(22(31)19-14(28)7-12(26)8-17(19)33-23)20-16(30)9-15(29)18-13(27)5-6-32-24(18)20/h1-9,21,23,25-26,28-30H. The van der Waals surface area contributed by atoms with E-state index in [1.54, 1.807) is 0 Å². The number of carbonyl (C=O) groups excluding carboxylic acids is 1.